The smallest absolute Gasteiger partial charge is 0.255 e. The van der Waals surface area contributed by atoms with Crippen molar-refractivity contribution in [2.45, 2.75) is 12.3 Å². The highest BCUT2D eigenvalue weighted by molar-refractivity contribution is 7.99. The third-order valence-corrected chi connectivity index (χ3v) is 4.92. The average molecular weight is 319 g/mol. The van der Waals surface area contributed by atoms with Gasteiger partial charge >= 0.3 is 0 Å². The number of hydrogen-bond donors (Lipinski definition) is 0. The molecule has 114 valence electrons. The number of benzene rings is 2. The van der Waals surface area contributed by atoms with E-state index in [1.807, 2.05) is 19.1 Å². The Hall–Kier alpha value is -1.88. The van der Waals surface area contributed by atoms with Gasteiger partial charge in [0.25, 0.3) is 5.91 Å². The summed E-state index contributed by atoms with van der Waals surface area (Å²) < 4.78 is 27.1. The number of amides is 1. The number of thioether (sulfide) groups is 1. The van der Waals surface area contributed by atoms with Gasteiger partial charge in [0, 0.05) is 29.5 Å². The lowest BCUT2D eigenvalue weighted by atomic mass is 10.1. The highest BCUT2D eigenvalue weighted by atomic mass is 32.2. The van der Waals surface area contributed by atoms with Crippen LogP contribution in [0.1, 0.15) is 26.9 Å². The molecule has 0 spiro atoms. The van der Waals surface area contributed by atoms with Gasteiger partial charge in [-0.05, 0) is 25.1 Å². The van der Waals surface area contributed by atoms with Crippen LogP contribution in [0.5, 0.6) is 0 Å². The molecule has 0 saturated carbocycles. The van der Waals surface area contributed by atoms with Crippen molar-refractivity contribution in [3.8, 4) is 0 Å². The largest absolute Gasteiger partial charge is 0.322 e. The van der Waals surface area contributed by atoms with Gasteiger partial charge in [-0.15, -0.1) is 11.8 Å². The van der Waals surface area contributed by atoms with E-state index in [1.165, 1.54) is 23.9 Å². The number of hydrogen-bond acceptors (Lipinski definition) is 2. The Labute approximate surface area is 132 Å². The Morgan fingerprint density at radius 2 is 1.91 bits per heavy atom. The Kier molecular flexibility index (Phi) is 4.16. The monoisotopic (exact) mass is 319 g/mol. The molecule has 0 radical (unpaired) electrons. The maximum atomic E-state index is 14.0. The number of aryl methyl sites for hydroxylation is 1. The fourth-order valence-electron chi connectivity index (χ4n) is 2.50. The van der Waals surface area contributed by atoms with Crippen molar-refractivity contribution >= 4 is 17.7 Å². The minimum absolute atomic E-state index is 0.126. The second kappa shape index (κ2) is 6.08. The molecular formula is C17H15F2NOS. The lowest BCUT2D eigenvalue weighted by Crippen LogP contribution is -2.30. The third-order valence-electron chi connectivity index (χ3n) is 3.68. The van der Waals surface area contributed by atoms with Gasteiger partial charge in [0.1, 0.15) is 17.0 Å². The summed E-state index contributed by atoms with van der Waals surface area (Å²) in [6, 6.07) is 10.8. The molecule has 2 aromatic carbocycles. The molecule has 1 saturated heterocycles. The SMILES string of the molecule is Cc1ccc(C(=O)N2CCSC2c2ccc(F)cc2F)cc1. The number of carbonyl (C=O) groups excluding carboxylic acids is 1. The van der Waals surface area contributed by atoms with E-state index in [0.29, 0.717) is 17.7 Å². The number of nitrogens with zero attached hydrogens (tertiary/aromatic N) is 1. The first-order chi connectivity index (χ1) is 10.6. The molecule has 2 aromatic rings. The van der Waals surface area contributed by atoms with E-state index in [2.05, 4.69) is 0 Å². The van der Waals surface area contributed by atoms with Gasteiger partial charge in [-0.25, -0.2) is 8.78 Å². The van der Waals surface area contributed by atoms with E-state index < -0.39 is 17.0 Å². The zero-order valence-corrected chi connectivity index (χ0v) is 12.9. The minimum atomic E-state index is -0.611. The van der Waals surface area contributed by atoms with Gasteiger partial charge in [-0.1, -0.05) is 23.8 Å². The molecule has 3 rings (SSSR count). The molecule has 0 aromatic heterocycles. The Morgan fingerprint density at radius 3 is 2.59 bits per heavy atom. The van der Waals surface area contributed by atoms with Crippen molar-refractivity contribution in [3.05, 3.63) is 70.8 Å². The molecule has 1 amide bonds. The van der Waals surface area contributed by atoms with Gasteiger partial charge in [-0.2, -0.15) is 0 Å². The predicted octanol–water partition coefficient (Wildman–Crippen LogP) is 4.16. The van der Waals surface area contributed by atoms with Crippen molar-refractivity contribution in [2.75, 3.05) is 12.3 Å². The summed E-state index contributed by atoms with van der Waals surface area (Å²) >= 11 is 1.49. The fourth-order valence-corrected chi connectivity index (χ4v) is 3.78. The van der Waals surface area contributed by atoms with Crippen LogP contribution >= 0.6 is 11.8 Å². The fraction of sp³-hybridized carbons (Fsp3) is 0.235. The summed E-state index contributed by atoms with van der Waals surface area (Å²) in [4.78, 5) is 14.3. The van der Waals surface area contributed by atoms with E-state index in [0.717, 1.165) is 17.4 Å². The maximum Gasteiger partial charge on any atom is 0.255 e. The number of halogens is 2. The van der Waals surface area contributed by atoms with Crippen molar-refractivity contribution in [1.29, 1.82) is 0 Å². The molecule has 1 aliphatic heterocycles. The summed E-state index contributed by atoms with van der Waals surface area (Å²) in [5.41, 5.74) is 2.01. The Bertz CT molecular complexity index is 702. The Morgan fingerprint density at radius 1 is 1.18 bits per heavy atom. The first kappa shape index (κ1) is 15.0. The molecule has 1 unspecified atom stereocenters. The topological polar surface area (TPSA) is 20.3 Å². The van der Waals surface area contributed by atoms with Gasteiger partial charge in [0.05, 0.1) is 0 Å². The summed E-state index contributed by atoms with van der Waals surface area (Å²) in [7, 11) is 0. The molecule has 0 bridgehead atoms. The lowest BCUT2D eigenvalue weighted by Gasteiger charge is -2.24. The quantitative estimate of drug-likeness (QED) is 0.828. The maximum absolute atomic E-state index is 14.0. The minimum Gasteiger partial charge on any atom is -0.322 e. The van der Waals surface area contributed by atoms with E-state index in [-0.39, 0.29) is 5.91 Å². The number of rotatable bonds is 2. The van der Waals surface area contributed by atoms with Crippen molar-refractivity contribution < 1.29 is 13.6 Å². The third kappa shape index (κ3) is 2.86. The molecule has 22 heavy (non-hydrogen) atoms. The van der Waals surface area contributed by atoms with Gasteiger partial charge in [-0.3, -0.25) is 4.79 Å². The van der Waals surface area contributed by atoms with E-state index in [4.69, 9.17) is 0 Å². The molecular weight excluding hydrogens is 304 g/mol. The number of carbonyl (C=O) groups is 1. The van der Waals surface area contributed by atoms with Gasteiger partial charge in [0.15, 0.2) is 0 Å². The summed E-state index contributed by atoms with van der Waals surface area (Å²) in [6.45, 7) is 2.51. The van der Waals surface area contributed by atoms with E-state index in [9.17, 15) is 13.6 Å². The average Bonchev–Trinajstić information content (AvgIpc) is 2.96. The highest BCUT2D eigenvalue weighted by Gasteiger charge is 2.32. The first-order valence-corrected chi connectivity index (χ1v) is 8.05. The standard InChI is InChI=1S/C17H15F2NOS/c1-11-2-4-12(5-3-11)16(21)20-8-9-22-17(20)14-7-6-13(18)10-15(14)19/h2-7,10,17H,8-9H2,1H3. The molecule has 5 heteroatoms. The normalized spacial score (nSPS) is 17.8. The molecule has 1 atom stereocenters. The van der Waals surface area contributed by atoms with Crippen LogP contribution in [-0.2, 0) is 0 Å². The second-order valence-corrected chi connectivity index (χ2v) is 6.44. The molecule has 0 aliphatic carbocycles. The van der Waals surface area contributed by atoms with Crippen LogP contribution in [0.15, 0.2) is 42.5 Å². The molecule has 2 nitrogen and oxygen atoms in total. The van der Waals surface area contributed by atoms with Gasteiger partial charge < -0.3 is 4.90 Å². The Balaban J connectivity index is 1.89. The highest BCUT2D eigenvalue weighted by Crippen LogP contribution is 2.39. The van der Waals surface area contributed by atoms with E-state index in [1.54, 1.807) is 17.0 Å². The summed E-state index contributed by atoms with van der Waals surface area (Å²) in [5.74, 6) is -0.612. The van der Waals surface area contributed by atoms with Crippen LogP contribution in [0, 0.1) is 18.6 Å². The lowest BCUT2D eigenvalue weighted by molar-refractivity contribution is 0.0759. The first-order valence-electron chi connectivity index (χ1n) is 7.00. The van der Waals surface area contributed by atoms with E-state index >= 15 is 0 Å². The molecule has 1 heterocycles. The predicted molar refractivity (Wildman–Crippen MR) is 83.8 cm³/mol. The van der Waals surface area contributed by atoms with Crippen LogP contribution in [0.2, 0.25) is 0 Å². The molecule has 0 N–H and O–H groups in total. The van der Waals surface area contributed by atoms with Gasteiger partial charge in [0.2, 0.25) is 0 Å². The zero-order chi connectivity index (χ0) is 15.7. The summed E-state index contributed by atoms with van der Waals surface area (Å²) in [5, 5.41) is -0.408. The van der Waals surface area contributed by atoms with Crippen LogP contribution in [0.25, 0.3) is 0 Å². The second-order valence-electron chi connectivity index (χ2n) is 5.25. The van der Waals surface area contributed by atoms with Crippen LogP contribution in [0.3, 0.4) is 0 Å². The van der Waals surface area contributed by atoms with Crippen molar-refractivity contribution in [3.63, 3.8) is 0 Å². The van der Waals surface area contributed by atoms with Crippen molar-refractivity contribution in [2.24, 2.45) is 0 Å². The van der Waals surface area contributed by atoms with Crippen LogP contribution in [-0.4, -0.2) is 23.1 Å². The van der Waals surface area contributed by atoms with Crippen LogP contribution in [0.4, 0.5) is 8.78 Å². The summed E-state index contributed by atoms with van der Waals surface area (Å²) in [6.07, 6.45) is 0. The zero-order valence-electron chi connectivity index (χ0n) is 12.1. The molecule has 1 aliphatic rings. The molecule has 1 fully saturated rings. The van der Waals surface area contributed by atoms with Crippen molar-refractivity contribution in [1.82, 2.24) is 4.90 Å². The van der Waals surface area contributed by atoms with Crippen LogP contribution < -0.4 is 0 Å².